The van der Waals surface area contributed by atoms with Crippen LogP contribution in [0, 0.1) is 13.8 Å². The molecule has 0 heterocycles. The molecule has 2 rings (SSSR count). The Bertz CT molecular complexity index is 786. The molecule has 0 aliphatic heterocycles. The van der Waals surface area contributed by atoms with Crippen LogP contribution in [-0.4, -0.2) is 33.5 Å². The monoisotopic (exact) mass is 422 g/mol. The van der Waals surface area contributed by atoms with E-state index in [1.807, 2.05) is 24.3 Å². The van der Waals surface area contributed by atoms with Crippen LogP contribution in [0.4, 0.5) is 0 Å². The summed E-state index contributed by atoms with van der Waals surface area (Å²) in [5.74, 6) is 1.44. The van der Waals surface area contributed by atoms with Gasteiger partial charge in [0.05, 0.1) is 13.2 Å². The van der Waals surface area contributed by atoms with Gasteiger partial charge >= 0.3 is 7.60 Å². The molecule has 0 N–H and O–H groups in total. The molecule has 0 radical (unpaired) electrons. The zero-order valence-electron chi connectivity index (χ0n) is 17.9. The number of methoxy groups -OCH3 is 1. The molecule has 6 nitrogen and oxygen atoms in total. The van der Waals surface area contributed by atoms with Crippen molar-refractivity contribution in [3.63, 3.8) is 0 Å². The number of rotatable bonds is 12. The minimum atomic E-state index is -3.24. The molecule has 0 aliphatic rings. The first kappa shape index (κ1) is 23.4. The zero-order chi connectivity index (χ0) is 21.3. The van der Waals surface area contributed by atoms with Crippen molar-refractivity contribution in [1.29, 1.82) is 0 Å². The van der Waals surface area contributed by atoms with Crippen LogP contribution in [0.1, 0.15) is 36.1 Å². The topological polar surface area (TPSA) is 63.2 Å². The largest absolute Gasteiger partial charge is 0.481 e. The summed E-state index contributed by atoms with van der Waals surface area (Å²) in [6, 6.07) is 11.9. The van der Waals surface area contributed by atoms with Crippen LogP contribution in [0.5, 0.6) is 11.5 Å². The van der Waals surface area contributed by atoms with Gasteiger partial charge in [-0.2, -0.15) is 0 Å². The molecule has 2 aromatic rings. The molecule has 0 fully saturated rings. The lowest BCUT2D eigenvalue weighted by atomic mass is 9.96. The van der Waals surface area contributed by atoms with Gasteiger partial charge in [0.1, 0.15) is 11.5 Å². The highest BCUT2D eigenvalue weighted by molar-refractivity contribution is 7.53. The minimum Gasteiger partial charge on any atom is -0.481 e. The van der Waals surface area contributed by atoms with Crippen molar-refractivity contribution < 1.29 is 27.8 Å². The van der Waals surface area contributed by atoms with Gasteiger partial charge in [0, 0.05) is 7.11 Å². The van der Waals surface area contributed by atoms with Gasteiger partial charge in [0.2, 0.25) is 0 Å². The molecule has 0 saturated heterocycles. The molecule has 0 aromatic heterocycles. The fourth-order valence-electron chi connectivity index (χ4n) is 3.01. The maximum absolute atomic E-state index is 12.6. The van der Waals surface area contributed by atoms with Gasteiger partial charge in [0.15, 0.2) is 13.1 Å². The molecule has 0 bridgehead atoms. The van der Waals surface area contributed by atoms with E-state index in [1.54, 1.807) is 21.0 Å². The third kappa shape index (κ3) is 7.16. The van der Waals surface area contributed by atoms with Crippen LogP contribution >= 0.6 is 7.60 Å². The summed E-state index contributed by atoms with van der Waals surface area (Å²) >= 11 is 0. The van der Waals surface area contributed by atoms with E-state index in [9.17, 15) is 4.57 Å². The second kappa shape index (κ2) is 11.4. The third-order valence-corrected chi connectivity index (χ3v) is 6.11. The molecule has 0 amide bonds. The first-order chi connectivity index (χ1) is 13.9. The smallest absolute Gasteiger partial charge is 0.367 e. The van der Waals surface area contributed by atoms with Crippen molar-refractivity contribution in [2.45, 2.75) is 34.1 Å². The quantitative estimate of drug-likeness (QED) is 0.333. The van der Waals surface area contributed by atoms with Gasteiger partial charge < -0.3 is 23.3 Å². The predicted molar refractivity (Wildman–Crippen MR) is 114 cm³/mol. The molecular formula is C22H31O6P. The first-order valence-corrected chi connectivity index (χ1v) is 11.4. The Kier molecular flexibility index (Phi) is 9.18. The molecule has 2 aromatic carbocycles. The molecule has 0 unspecified atom stereocenters. The van der Waals surface area contributed by atoms with Crippen LogP contribution in [0.15, 0.2) is 36.4 Å². The highest BCUT2D eigenvalue weighted by atomic mass is 31.2. The molecule has 7 heteroatoms. The van der Waals surface area contributed by atoms with Crippen LogP contribution in [-0.2, 0) is 24.8 Å². The second-order valence-corrected chi connectivity index (χ2v) is 8.62. The average Bonchev–Trinajstić information content (AvgIpc) is 2.69. The van der Waals surface area contributed by atoms with Gasteiger partial charge in [-0.05, 0) is 80.6 Å². The van der Waals surface area contributed by atoms with Crippen molar-refractivity contribution in [3.05, 3.63) is 58.7 Å². The Hall–Kier alpha value is -1.85. The van der Waals surface area contributed by atoms with Crippen molar-refractivity contribution in [2.75, 3.05) is 33.5 Å². The van der Waals surface area contributed by atoms with E-state index in [-0.39, 0.29) is 13.1 Å². The van der Waals surface area contributed by atoms with E-state index in [1.165, 1.54) is 11.1 Å². The Morgan fingerprint density at radius 3 is 1.97 bits per heavy atom. The lowest BCUT2D eigenvalue weighted by Crippen LogP contribution is -2.06. The van der Waals surface area contributed by atoms with Crippen LogP contribution in [0.25, 0.3) is 0 Å². The summed E-state index contributed by atoms with van der Waals surface area (Å²) in [4.78, 5) is 0. The highest BCUT2D eigenvalue weighted by Crippen LogP contribution is 2.48. The SMILES string of the molecule is CCOP(=O)(COc1cc(C)c(Cc2ccc(OCOC)cc2)c(C)c1)OCC. The van der Waals surface area contributed by atoms with E-state index >= 15 is 0 Å². The normalized spacial score (nSPS) is 11.5. The number of hydrogen-bond acceptors (Lipinski definition) is 6. The molecular weight excluding hydrogens is 391 g/mol. The molecule has 0 aliphatic carbocycles. The van der Waals surface area contributed by atoms with Gasteiger partial charge in [-0.1, -0.05) is 12.1 Å². The maximum Gasteiger partial charge on any atom is 0.367 e. The van der Waals surface area contributed by atoms with Gasteiger partial charge in [-0.25, -0.2) is 0 Å². The van der Waals surface area contributed by atoms with E-state index in [0.717, 1.165) is 23.3 Å². The summed E-state index contributed by atoms with van der Waals surface area (Å²) in [6.07, 6.45) is 0.703. The first-order valence-electron chi connectivity index (χ1n) is 9.72. The standard InChI is InChI=1S/C22H31O6P/c1-6-27-29(23,28-7-2)16-26-21-12-17(3)22(18(4)13-21)14-19-8-10-20(11-9-19)25-15-24-5/h8-13H,6-7,14-16H2,1-5H3. The molecule has 0 atom stereocenters. The van der Waals surface area contributed by atoms with Crippen molar-refractivity contribution in [1.82, 2.24) is 0 Å². The lowest BCUT2D eigenvalue weighted by Gasteiger charge is -2.19. The molecule has 0 spiro atoms. The third-order valence-electron chi connectivity index (χ3n) is 4.36. The minimum absolute atomic E-state index is 0.101. The Morgan fingerprint density at radius 2 is 1.45 bits per heavy atom. The number of ether oxygens (including phenoxy) is 3. The summed E-state index contributed by atoms with van der Waals surface area (Å²) in [6.45, 7) is 8.53. The van der Waals surface area contributed by atoms with Gasteiger partial charge in [-0.15, -0.1) is 0 Å². The van der Waals surface area contributed by atoms with Crippen LogP contribution < -0.4 is 9.47 Å². The lowest BCUT2D eigenvalue weighted by molar-refractivity contribution is 0.0511. The molecule has 0 saturated carbocycles. The number of aryl methyl sites for hydroxylation is 2. The maximum atomic E-state index is 12.6. The van der Waals surface area contributed by atoms with Crippen molar-refractivity contribution in [3.8, 4) is 11.5 Å². The summed E-state index contributed by atoms with van der Waals surface area (Å²) < 4.78 is 39.2. The van der Waals surface area contributed by atoms with E-state index < -0.39 is 7.60 Å². The molecule has 160 valence electrons. The van der Waals surface area contributed by atoms with Crippen LogP contribution in [0.3, 0.4) is 0 Å². The van der Waals surface area contributed by atoms with Gasteiger partial charge in [0.25, 0.3) is 0 Å². The predicted octanol–water partition coefficient (Wildman–Crippen LogP) is 5.48. The van der Waals surface area contributed by atoms with E-state index in [0.29, 0.717) is 19.0 Å². The fraction of sp³-hybridized carbons (Fsp3) is 0.455. The van der Waals surface area contributed by atoms with E-state index in [2.05, 4.69) is 26.0 Å². The highest BCUT2D eigenvalue weighted by Gasteiger charge is 2.24. The zero-order valence-corrected chi connectivity index (χ0v) is 18.8. The Balaban J connectivity index is 2.07. The average molecular weight is 422 g/mol. The number of benzene rings is 2. The summed E-state index contributed by atoms with van der Waals surface area (Å²) in [7, 11) is -1.64. The number of hydrogen-bond donors (Lipinski definition) is 0. The Morgan fingerprint density at radius 1 is 0.862 bits per heavy atom. The Labute approximate surface area is 173 Å². The van der Waals surface area contributed by atoms with E-state index in [4.69, 9.17) is 23.3 Å². The van der Waals surface area contributed by atoms with Gasteiger partial charge in [-0.3, -0.25) is 4.57 Å². The fourth-order valence-corrected chi connectivity index (χ4v) is 4.33. The molecule has 29 heavy (non-hydrogen) atoms. The van der Waals surface area contributed by atoms with Crippen molar-refractivity contribution >= 4 is 7.60 Å². The van der Waals surface area contributed by atoms with Crippen LogP contribution in [0.2, 0.25) is 0 Å². The second-order valence-electron chi connectivity index (χ2n) is 6.63. The summed E-state index contributed by atoms with van der Waals surface area (Å²) in [5.41, 5.74) is 4.65. The van der Waals surface area contributed by atoms with Crippen molar-refractivity contribution in [2.24, 2.45) is 0 Å². The summed E-state index contributed by atoms with van der Waals surface area (Å²) in [5, 5.41) is 0.